The van der Waals surface area contributed by atoms with Crippen LogP contribution < -0.4 is 16.2 Å². The maximum Gasteiger partial charge on any atom is 0.284 e. The number of hydrogen-bond donors (Lipinski definition) is 1. The van der Waals surface area contributed by atoms with Crippen molar-refractivity contribution in [1.29, 1.82) is 5.26 Å². The second kappa shape index (κ2) is 8.42. The zero-order valence-electron chi connectivity index (χ0n) is 17.9. The van der Waals surface area contributed by atoms with Crippen LogP contribution in [0.2, 0.25) is 5.02 Å². The molecule has 1 aliphatic heterocycles. The molecule has 4 heterocycles. The molecule has 0 bridgehead atoms. The van der Waals surface area contributed by atoms with Crippen molar-refractivity contribution < 1.29 is 0 Å². The Bertz CT molecular complexity index is 1470. The van der Waals surface area contributed by atoms with Gasteiger partial charge in [-0.15, -0.1) is 0 Å². The molecule has 1 aliphatic rings. The minimum atomic E-state index is -0.284. The van der Waals surface area contributed by atoms with Gasteiger partial charge in [0.1, 0.15) is 17.1 Å². The van der Waals surface area contributed by atoms with Crippen molar-refractivity contribution >= 4 is 42.4 Å². The molecular formula is C22H21ClN8OS. The third-order valence-electron chi connectivity index (χ3n) is 5.75. The Hall–Kier alpha value is -3.55. The van der Waals surface area contributed by atoms with E-state index >= 15 is 0 Å². The van der Waals surface area contributed by atoms with Crippen LogP contribution in [-0.4, -0.2) is 30.7 Å². The lowest BCUT2D eigenvalue weighted by atomic mass is 10.0. The summed E-state index contributed by atoms with van der Waals surface area (Å²) in [5, 5.41) is 14.9. The normalized spacial score (nSPS) is 15.1. The summed E-state index contributed by atoms with van der Waals surface area (Å²) in [4.78, 5) is 24.0. The first kappa shape index (κ1) is 22.6. The Morgan fingerprint density at radius 2 is 1.94 bits per heavy atom. The fourth-order valence-corrected chi connectivity index (χ4v) is 4.46. The summed E-state index contributed by atoms with van der Waals surface area (Å²) in [6.45, 7) is 4.22. The standard InChI is InChI=1S/C22H19ClN8O.H2S/c1-12-10-16(23)18-21(32)30(14-6-4-3-5-7-14)20(28-31(12)18)17-8-9-29(17)19-15(11-24)13(2)26-22(25)27-19;/h3-7,10,17H,8-9H2,1-2H3,(H2,25,26,27);1H2/t17-;/m0./s1. The van der Waals surface area contributed by atoms with Crippen LogP contribution in [0, 0.1) is 25.2 Å². The number of benzene rings is 1. The van der Waals surface area contributed by atoms with Gasteiger partial charge in [0.2, 0.25) is 5.95 Å². The number of anilines is 2. The summed E-state index contributed by atoms with van der Waals surface area (Å²) >= 11 is 6.37. The quantitative estimate of drug-likeness (QED) is 0.478. The number of fused-ring (bicyclic) bond motifs is 1. The van der Waals surface area contributed by atoms with Gasteiger partial charge in [0.15, 0.2) is 11.6 Å². The molecule has 11 heteroatoms. The lowest BCUT2D eigenvalue weighted by molar-refractivity contribution is 0.422. The van der Waals surface area contributed by atoms with Crippen molar-refractivity contribution in [2.75, 3.05) is 17.2 Å². The van der Waals surface area contributed by atoms with Crippen LogP contribution >= 0.6 is 25.1 Å². The lowest BCUT2D eigenvalue weighted by Gasteiger charge is -2.42. The van der Waals surface area contributed by atoms with Gasteiger partial charge in [-0.2, -0.15) is 28.8 Å². The predicted molar refractivity (Wildman–Crippen MR) is 132 cm³/mol. The molecule has 9 nitrogen and oxygen atoms in total. The van der Waals surface area contributed by atoms with Crippen molar-refractivity contribution in [3.8, 4) is 11.8 Å². The number of nitrogen functional groups attached to an aromatic ring is 1. The molecule has 1 saturated heterocycles. The molecule has 0 aliphatic carbocycles. The fourth-order valence-electron chi connectivity index (χ4n) is 4.14. The highest BCUT2D eigenvalue weighted by molar-refractivity contribution is 7.59. The van der Waals surface area contributed by atoms with E-state index in [-0.39, 0.29) is 31.0 Å². The van der Waals surface area contributed by atoms with Crippen LogP contribution in [0.4, 0.5) is 11.8 Å². The number of halogens is 1. The van der Waals surface area contributed by atoms with Gasteiger partial charge in [-0.1, -0.05) is 29.8 Å². The van der Waals surface area contributed by atoms with E-state index in [0.717, 1.165) is 12.1 Å². The number of para-hydroxylation sites is 1. The number of aryl methyl sites for hydroxylation is 2. The highest BCUT2D eigenvalue weighted by Crippen LogP contribution is 2.38. The van der Waals surface area contributed by atoms with Gasteiger partial charge in [0.25, 0.3) is 5.56 Å². The highest BCUT2D eigenvalue weighted by atomic mass is 35.5. The number of aromatic nitrogens is 5. The fraction of sp³-hybridized carbons (Fsp3) is 0.227. The van der Waals surface area contributed by atoms with Crippen LogP contribution in [0.3, 0.4) is 0 Å². The van der Waals surface area contributed by atoms with E-state index in [1.165, 1.54) is 0 Å². The summed E-state index contributed by atoms with van der Waals surface area (Å²) in [6.07, 6.45) is 0.729. The molecular weight excluding hydrogens is 460 g/mol. The SMILES string of the molecule is Cc1nc(N)nc(N2CC[C@H]2c2nn3c(C)cc(Cl)c3c(=O)n2-c2ccccc2)c1C#N.S. The van der Waals surface area contributed by atoms with Crippen molar-refractivity contribution in [3.63, 3.8) is 0 Å². The molecule has 0 radical (unpaired) electrons. The molecule has 0 amide bonds. The average Bonchev–Trinajstić information content (AvgIpc) is 3.01. The van der Waals surface area contributed by atoms with E-state index in [1.807, 2.05) is 42.2 Å². The summed E-state index contributed by atoms with van der Waals surface area (Å²) in [5.74, 6) is 1.08. The zero-order chi connectivity index (χ0) is 22.6. The monoisotopic (exact) mass is 480 g/mol. The minimum absolute atomic E-state index is 0. The van der Waals surface area contributed by atoms with Gasteiger partial charge in [-0.25, -0.2) is 9.50 Å². The molecule has 0 saturated carbocycles. The third kappa shape index (κ3) is 3.50. The van der Waals surface area contributed by atoms with E-state index in [1.54, 1.807) is 22.1 Å². The average molecular weight is 481 g/mol. The Morgan fingerprint density at radius 1 is 1.21 bits per heavy atom. The Kier molecular flexibility index (Phi) is 5.78. The third-order valence-corrected chi connectivity index (χ3v) is 6.04. The maximum absolute atomic E-state index is 13.6. The minimum Gasteiger partial charge on any atom is -0.368 e. The van der Waals surface area contributed by atoms with Crippen molar-refractivity contribution in [3.05, 3.63) is 74.6 Å². The summed E-state index contributed by atoms with van der Waals surface area (Å²) in [6, 6.07) is 12.9. The second-order valence-corrected chi connectivity index (χ2v) is 8.11. The number of hydrogen-bond acceptors (Lipinski definition) is 7. The van der Waals surface area contributed by atoms with Gasteiger partial charge >= 0.3 is 0 Å². The van der Waals surface area contributed by atoms with Gasteiger partial charge in [-0.3, -0.25) is 9.36 Å². The first-order valence-electron chi connectivity index (χ1n) is 10.1. The van der Waals surface area contributed by atoms with Crippen LogP contribution in [0.25, 0.3) is 11.2 Å². The van der Waals surface area contributed by atoms with E-state index in [4.69, 9.17) is 22.4 Å². The van der Waals surface area contributed by atoms with E-state index in [9.17, 15) is 10.1 Å². The molecule has 1 fully saturated rings. The first-order chi connectivity index (χ1) is 15.4. The Morgan fingerprint density at radius 3 is 2.58 bits per heavy atom. The molecule has 1 aromatic carbocycles. The predicted octanol–water partition coefficient (Wildman–Crippen LogP) is 3.06. The van der Waals surface area contributed by atoms with E-state index in [2.05, 4.69) is 16.0 Å². The topological polar surface area (TPSA) is 118 Å². The highest BCUT2D eigenvalue weighted by Gasteiger charge is 2.37. The molecule has 0 spiro atoms. The molecule has 5 rings (SSSR count). The van der Waals surface area contributed by atoms with Gasteiger partial charge in [0.05, 0.1) is 22.4 Å². The van der Waals surface area contributed by atoms with Crippen LogP contribution in [-0.2, 0) is 0 Å². The number of rotatable bonds is 3. The lowest BCUT2D eigenvalue weighted by Crippen LogP contribution is -2.45. The molecule has 0 unspecified atom stereocenters. The summed E-state index contributed by atoms with van der Waals surface area (Å²) in [5.41, 5.74) is 8.25. The number of nitriles is 1. The molecule has 168 valence electrons. The van der Waals surface area contributed by atoms with E-state index < -0.39 is 0 Å². The van der Waals surface area contributed by atoms with E-state index in [0.29, 0.717) is 45.7 Å². The Balaban J connectivity index is 0.00000259. The van der Waals surface area contributed by atoms with Gasteiger partial charge in [0, 0.05) is 12.2 Å². The van der Waals surface area contributed by atoms with Crippen LogP contribution in [0.5, 0.6) is 0 Å². The van der Waals surface area contributed by atoms with Crippen molar-refractivity contribution in [2.24, 2.45) is 0 Å². The van der Waals surface area contributed by atoms with Crippen molar-refractivity contribution in [1.82, 2.24) is 24.1 Å². The molecule has 3 aromatic heterocycles. The molecule has 2 N–H and O–H groups in total. The summed E-state index contributed by atoms with van der Waals surface area (Å²) < 4.78 is 3.17. The van der Waals surface area contributed by atoms with Crippen LogP contribution in [0.1, 0.15) is 35.2 Å². The molecule has 4 aromatic rings. The molecule has 33 heavy (non-hydrogen) atoms. The van der Waals surface area contributed by atoms with Crippen LogP contribution in [0.15, 0.2) is 41.2 Å². The van der Waals surface area contributed by atoms with Gasteiger partial charge < -0.3 is 10.6 Å². The number of nitrogens with two attached hydrogens (primary N) is 1. The molecule has 1 atom stereocenters. The number of nitrogens with zero attached hydrogens (tertiary/aromatic N) is 7. The van der Waals surface area contributed by atoms with Gasteiger partial charge in [-0.05, 0) is 38.5 Å². The van der Waals surface area contributed by atoms with Crippen molar-refractivity contribution in [2.45, 2.75) is 26.3 Å². The second-order valence-electron chi connectivity index (χ2n) is 7.70. The first-order valence-corrected chi connectivity index (χ1v) is 10.5. The Labute approximate surface area is 201 Å². The smallest absolute Gasteiger partial charge is 0.284 e. The maximum atomic E-state index is 13.6. The summed E-state index contributed by atoms with van der Waals surface area (Å²) in [7, 11) is 0. The zero-order valence-corrected chi connectivity index (χ0v) is 19.7. The largest absolute Gasteiger partial charge is 0.368 e.